The molecule has 25 heteroatoms. The minimum Gasteiger partial charge on any atom is -0.496 e. The number of nitrogens with zero attached hydrogens (tertiary/aromatic N) is 3. The van der Waals surface area contributed by atoms with Gasteiger partial charge in [0.25, 0.3) is 10.1 Å². The Morgan fingerprint density at radius 2 is 0.667 bits per heavy atom. The van der Waals surface area contributed by atoms with Crippen LogP contribution in [0, 0.1) is 34.0 Å². The van der Waals surface area contributed by atoms with E-state index >= 15 is 0 Å². The fourth-order valence-electron chi connectivity index (χ4n) is 11.0. The highest BCUT2D eigenvalue weighted by Gasteiger charge is 2.53. The number of carbonyl (C=O) groups is 3. The van der Waals surface area contributed by atoms with Crippen LogP contribution in [0.15, 0.2) is 218 Å². The van der Waals surface area contributed by atoms with E-state index in [-0.39, 0.29) is 102 Å². The van der Waals surface area contributed by atoms with Crippen LogP contribution in [0.2, 0.25) is 0 Å². The van der Waals surface area contributed by atoms with E-state index in [4.69, 9.17) is 79.5 Å². The van der Waals surface area contributed by atoms with Crippen molar-refractivity contribution in [1.82, 2.24) is 5.32 Å². The number of nitrogens with two attached hydrogens (primary N) is 1. The summed E-state index contributed by atoms with van der Waals surface area (Å²) in [5, 5.41) is 55.4. The Labute approximate surface area is 840 Å². The van der Waals surface area contributed by atoms with Crippen molar-refractivity contribution in [1.29, 1.82) is 15.8 Å². The van der Waals surface area contributed by atoms with Crippen molar-refractivity contribution in [2.75, 3.05) is 77.4 Å². The first-order chi connectivity index (χ1) is 62.4. The van der Waals surface area contributed by atoms with Crippen LogP contribution in [0.4, 0.5) is 4.79 Å². The number of aliphatic carboxylic acids is 1. The van der Waals surface area contributed by atoms with Crippen LogP contribution in [-0.4, -0.2) is 119 Å². The molecule has 784 valence electrons. The van der Waals surface area contributed by atoms with Gasteiger partial charge < -0.3 is 73.7 Å². The van der Waals surface area contributed by atoms with E-state index in [0.717, 1.165) is 107 Å². The van der Waals surface area contributed by atoms with Gasteiger partial charge in [-0.1, -0.05) is 343 Å². The minimum absolute atomic E-state index is 0. The Bertz CT molecular complexity index is 4680. The van der Waals surface area contributed by atoms with Crippen molar-refractivity contribution in [3.8, 4) is 70.0 Å². The van der Waals surface area contributed by atoms with Crippen LogP contribution >= 0.6 is 0 Å². The molecule has 6 N–H and O–H groups in total. The average molecular weight is 1950 g/mol. The number of aliphatic hydroxyl groups is 1. The minimum atomic E-state index is -3.40. The first-order valence-electron chi connectivity index (χ1n) is 43.8. The number of nitrogens with one attached hydrogen (secondary N) is 1. The predicted molar refractivity (Wildman–Crippen MR) is 583 cm³/mol. The monoisotopic (exact) mass is 1950 g/mol. The lowest BCUT2D eigenvalue weighted by molar-refractivity contribution is -0.140. The Hall–Kier alpha value is -12.3. The van der Waals surface area contributed by atoms with Gasteiger partial charge in [0.05, 0.1) is 131 Å². The number of hydrogen-bond donors (Lipinski definition) is 5. The molecule has 0 radical (unpaired) electrons. The van der Waals surface area contributed by atoms with Crippen molar-refractivity contribution in [3.63, 3.8) is 0 Å². The smallest absolute Gasteiger partial charge is 0.407 e. The van der Waals surface area contributed by atoms with Gasteiger partial charge in [-0.25, -0.2) is 9.59 Å². The fourth-order valence-corrected chi connectivity index (χ4v) is 11.4. The number of carboxylic acid groups (broad SMARTS) is 2. The summed E-state index contributed by atoms with van der Waals surface area (Å²) in [4.78, 5) is 32.9. The first kappa shape index (κ1) is 157. The molecule has 138 heavy (non-hydrogen) atoms. The molecule has 0 unspecified atom stereocenters. The molecule has 1 amide bonds. The number of aliphatic hydroxyl groups excluding tert-OH is 1. The maximum atomic E-state index is 11.3. The molecular weight excluding hydrogens is 1760 g/mol. The molecular formula is C113H187N5O19S. The molecule has 24 nitrogen and oxygen atoms in total. The van der Waals surface area contributed by atoms with Gasteiger partial charge in [-0.2, -0.15) is 24.2 Å². The second-order valence-corrected chi connectivity index (χ2v) is 26.6. The molecule has 0 spiro atoms. The van der Waals surface area contributed by atoms with Crippen molar-refractivity contribution in [3.05, 3.63) is 268 Å². The van der Waals surface area contributed by atoms with Crippen LogP contribution in [0.1, 0.15) is 298 Å². The molecule has 9 aromatic rings. The Kier molecular flexibility index (Phi) is 106. The van der Waals surface area contributed by atoms with Crippen molar-refractivity contribution < 1.29 is 89.7 Å². The Morgan fingerprint density at radius 3 is 0.971 bits per heavy atom. The Balaban J connectivity index is -0.000000102. The number of para-hydroxylation sites is 9. The number of hydrogen-bond acceptors (Lipinski definition) is 21. The maximum Gasteiger partial charge on any atom is 0.407 e. The topological polar surface area (TPSA) is 357 Å². The zero-order valence-electron chi connectivity index (χ0n) is 82.3. The van der Waals surface area contributed by atoms with Crippen LogP contribution in [0.25, 0.3) is 0 Å². The SMILES string of the molecule is C.C.C.C.C.C.C.C.C.CC.CC.CC.CC.CC.CC.CC.CC.CC.COC(=O)NC1(c2ccccc2OC)CC1.COc1ccccc1C#N.COc1ccccc1C(=O)O.COc1ccccc1C1(C#N)CC1.COc1ccccc1C1(C(=O)O)CC1.COc1ccccc1C1(N)CC1.COc1ccccc1CC#N.COc1ccccc1CO.COc1ccccc1COS(C)(=O)=O. The standard InChI is InChI=1S/C12H15NO3.C11H11NO.C11H12O3.C10H13NO.C9H9NO.C9H12O4S.C8H7NO.C8H8O3.C8H10O2.9C2H6.9CH4/c1-15-10-6-4-3-5-9(10)12(7-8-12)13-11(14)16-2;1-13-10-5-3-2-4-9(10)11(8-12)6-7-11;1-14-9-5-3-2-4-8(9)11(6-7-11)10(12)13;1-12-9-5-3-2-4-8(9)10(11)6-7-10;1-11-9-5-3-2-4-8(9)6-7-10;1-12-9-6-4-3-5-8(9)7-13-14(2,10)11;1-10-8-5-3-2-4-7(8)6-9;1-11-7-5-3-2-4-6(7)8(9)10;1-10-8-5-3-2-4-7(8)6-9;9*1-2;;;;;;;;;/h3-6H,7-8H2,1-2H3,(H,13,14);2-5H,6-7H2,1H3;2-5H,6-7H2,1H3,(H,12,13);2-5H,6-7,11H2,1H3;2-5H,6H2,1H3;3-6H,7H2,1-2H3;2-5H,1H3;2-5H,1H3,(H,9,10);2-5,9H,6H2,1H3;9*1-2H3;9*1H4. The number of aromatic carboxylic acids is 1. The van der Waals surface area contributed by atoms with Gasteiger partial charge >= 0.3 is 18.0 Å². The van der Waals surface area contributed by atoms with Crippen LogP contribution in [-0.2, 0) is 65.4 Å². The molecule has 0 saturated heterocycles. The van der Waals surface area contributed by atoms with E-state index in [0.29, 0.717) is 53.4 Å². The molecule has 9 aromatic carbocycles. The van der Waals surface area contributed by atoms with Crippen molar-refractivity contribution >= 4 is 28.1 Å². The van der Waals surface area contributed by atoms with Crippen molar-refractivity contribution in [2.24, 2.45) is 5.73 Å². The second kappa shape index (κ2) is 93.7. The lowest BCUT2D eigenvalue weighted by Crippen LogP contribution is -2.34. The molecule has 0 aromatic heterocycles. The van der Waals surface area contributed by atoms with Crippen LogP contribution in [0.5, 0.6) is 51.7 Å². The summed E-state index contributed by atoms with van der Waals surface area (Å²) in [5.41, 5.74) is 12.0. The summed E-state index contributed by atoms with van der Waals surface area (Å²) >= 11 is 0. The van der Waals surface area contributed by atoms with Gasteiger partial charge in [0.2, 0.25) is 0 Å². The number of nitriles is 3. The molecule has 13 rings (SSSR count). The predicted octanol–water partition coefficient (Wildman–Crippen LogP) is 29.8. The molecule has 0 bridgehead atoms. The highest BCUT2D eigenvalue weighted by Crippen LogP contribution is 2.53. The van der Waals surface area contributed by atoms with E-state index < -0.39 is 33.6 Å². The van der Waals surface area contributed by atoms with Gasteiger partial charge in [-0.05, 0) is 118 Å². The zero-order valence-corrected chi connectivity index (χ0v) is 83.1. The summed E-state index contributed by atoms with van der Waals surface area (Å²) in [6.07, 6.45) is 8.36. The fraction of sp³-hybridized carbons (Fsp3) is 0.469. The number of alkyl carbamates (subject to hydrolysis) is 1. The van der Waals surface area contributed by atoms with Crippen molar-refractivity contribution in [2.45, 2.75) is 284 Å². The number of methoxy groups -OCH3 is 10. The highest BCUT2D eigenvalue weighted by molar-refractivity contribution is 7.85. The molecule has 4 saturated carbocycles. The lowest BCUT2D eigenvalue weighted by atomic mass is 9.95. The molecule has 4 aliphatic carbocycles. The number of benzene rings is 9. The third-order valence-electron chi connectivity index (χ3n) is 17.7. The second-order valence-electron chi connectivity index (χ2n) is 24.9. The van der Waals surface area contributed by atoms with E-state index in [9.17, 15) is 22.8 Å². The van der Waals surface area contributed by atoms with Gasteiger partial charge in [-0.3, -0.25) is 8.98 Å². The van der Waals surface area contributed by atoms with Crippen LogP contribution < -0.4 is 53.7 Å². The summed E-state index contributed by atoms with van der Waals surface area (Å²) in [7, 11) is 12.2. The Morgan fingerprint density at radius 1 is 0.370 bits per heavy atom. The molecule has 0 atom stereocenters. The summed E-state index contributed by atoms with van der Waals surface area (Å²) < 4.78 is 76.5. The number of carboxylic acids is 2. The summed E-state index contributed by atoms with van der Waals surface area (Å²) in [5.74, 6) is 4.67. The number of carbonyl (C=O) groups excluding carboxylic acids is 1. The largest absolute Gasteiger partial charge is 0.496 e. The normalized spacial score (nSPS) is 11.2. The molecule has 4 aliphatic rings. The van der Waals surface area contributed by atoms with Gasteiger partial charge in [0, 0.05) is 44.5 Å². The number of rotatable bonds is 21. The maximum absolute atomic E-state index is 11.3. The number of ether oxygens (including phenoxy) is 10. The average Bonchev–Trinajstić information content (AvgIpc) is 2.49. The third-order valence-corrected chi connectivity index (χ3v) is 18.3. The highest BCUT2D eigenvalue weighted by atomic mass is 32.2. The molecule has 0 heterocycles. The quantitative estimate of drug-likeness (QED) is 0.0417. The summed E-state index contributed by atoms with van der Waals surface area (Å²) in [6.45, 7) is 36.0. The molecule has 4 fully saturated rings. The van der Waals surface area contributed by atoms with E-state index in [1.54, 1.807) is 110 Å². The zero-order chi connectivity index (χ0) is 99.5. The number of amides is 1. The summed E-state index contributed by atoms with van der Waals surface area (Å²) in [6, 6.07) is 72.9. The third kappa shape index (κ3) is 56.4. The van der Waals surface area contributed by atoms with Gasteiger partial charge in [-0.15, -0.1) is 0 Å². The van der Waals surface area contributed by atoms with Gasteiger partial charge in [0.1, 0.15) is 63.4 Å². The van der Waals surface area contributed by atoms with E-state index in [2.05, 4.69) is 26.4 Å². The van der Waals surface area contributed by atoms with E-state index in [1.165, 1.54) is 27.4 Å². The van der Waals surface area contributed by atoms with Gasteiger partial charge in [0.15, 0.2) is 0 Å². The van der Waals surface area contributed by atoms with E-state index in [1.807, 2.05) is 282 Å². The molecule has 0 aliphatic heterocycles. The first-order valence-corrected chi connectivity index (χ1v) is 45.7. The van der Waals surface area contributed by atoms with Crippen LogP contribution in [0.3, 0.4) is 0 Å². The lowest BCUT2D eigenvalue weighted by Gasteiger charge is -2.19.